The van der Waals surface area contributed by atoms with Crippen molar-refractivity contribution in [3.63, 3.8) is 0 Å². The first-order valence-corrected chi connectivity index (χ1v) is 3.73. The van der Waals surface area contributed by atoms with Gasteiger partial charge in [0, 0.05) is 6.61 Å². The summed E-state index contributed by atoms with van der Waals surface area (Å²) in [6, 6.07) is 6.67. The Hall–Kier alpha value is -1.42. The zero-order valence-corrected chi connectivity index (χ0v) is 6.41. The van der Waals surface area contributed by atoms with Crippen molar-refractivity contribution in [2.24, 2.45) is 0 Å². The molecule has 2 N–H and O–H groups in total. The highest BCUT2D eigenvalue weighted by Crippen LogP contribution is 2.12. The number of aromatic nitrogens is 3. The van der Waals surface area contributed by atoms with E-state index in [1.54, 1.807) is 6.07 Å². The second-order valence-corrected chi connectivity index (χ2v) is 2.50. The van der Waals surface area contributed by atoms with Gasteiger partial charge in [-0.3, -0.25) is 5.10 Å². The number of H-pyrrole nitrogens is 1. The minimum atomic E-state index is 0.114. The van der Waals surface area contributed by atoms with Crippen LogP contribution in [0.15, 0.2) is 12.1 Å². The van der Waals surface area contributed by atoms with Crippen LogP contribution in [0.25, 0.3) is 11.0 Å². The monoisotopic (exact) mass is 162 g/mol. The van der Waals surface area contributed by atoms with E-state index in [1.807, 2.05) is 6.07 Å². The van der Waals surface area contributed by atoms with E-state index in [2.05, 4.69) is 21.5 Å². The lowest BCUT2D eigenvalue weighted by Gasteiger charge is -1.95. The average molecular weight is 162 g/mol. The van der Waals surface area contributed by atoms with Gasteiger partial charge in [0.1, 0.15) is 5.52 Å². The largest absolute Gasteiger partial charge is 0.396 e. The fourth-order valence-corrected chi connectivity index (χ4v) is 1.17. The Morgan fingerprint density at radius 2 is 2.50 bits per heavy atom. The molecular weight excluding hydrogens is 154 g/mol. The van der Waals surface area contributed by atoms with Crippen LogP contribution in [0.1, 0.15) is 5.56 Å². The van der Waals surface area contributed by atoms with Gasteiger partial charge in [0.2, 0.25) is 0 Å². The van der Waals surface area contributed by atoms with Crippen molar-refractivity contribution in [3.8, 4) is 0 Å². The topological polar surface area (TPSA) is 61.8 Å². The van der Waals surface area contributed by atoms with E-state index < -0.39 is 0 Å². The minimum Gasteiger partial charge on any atom is -0.396 e. The molecule has 4 heteroatoms. The van der Waals surface area contributed by atoms with E-state index in [0.717, 1.165) is 16.6 Å². The Kier molecular flexibility index (Phi) is 1.75. The first-order chi connectivity index (χ1) is 5.92. The molecule has 0 amide bonds. The third-order valence-electron chi connectivity index (χ3n) is 1.73. The first kappa shape index (κ1) is 7.24. The number of aromatic amines is 1. The predicted molar refractivity (Wildman–Crippen MR) is 43.5 cm³/mol. The fourth-order valence-electron chi connectivity index (χ4n) is 1.17. The van der Waals surface area contributed by atoms with Crippen molar-refractivity contribution < 1.29 is 5.11 Å². The van der Waals surface area contributed by atoms with Crippen LogP contribution in [0.4, 0.5) is 0 Å². The van der Waals surface area contributed by atoms with E-state index in [4.69, 9.17) is 5.11 Å². The van der Waals surface area contributed by atoms with Crippen molar-refractivity contribution in [1.82, 2.24) is 15.4 Å². The molecular formula is C8H8N3O. The Labute approximate surface area is 69.2 Å². The van der Waals surface area contributed by atoms with Crippen LogP contribution in [0.3, 0.4) is 0 Å². The molecule has 1 heterocycles. The number of aliphatic hydroxyl groups is 1. The van der Waals surface area contributed by atoms with Gasteiger partial charge >= 0.3 is 0 Å². The van der Waals surface area contributed by atoms with Gasteiger partial charge in [-0.1, -0.05) is 11.3 Å². The summed E-state index contributed by atoms with van der Waals surface area (Å²) < 4.78 is 0. The molecule has 0 spiro atoms. The second kappa shape index (κ2) is 2.91. The number of rotatable bonds is 2. The van der Waals surface area contributed by atoms with Crippen LogP contribution in [0.2, 0.25) is 0 Å². The second-order valence-electron chi connectivity index (χ2n) is 2.50. The highest BCUT2D eigenvalue weighted by Gasteiger charge is 2.02. The van der Waals surface area contributed by atoms with Crippen LogP contribution in [0, 0.1) is 6.07 Å². The van der Waals surface area contributed by atoms with Crippen LogP contribution in [0.5, 0.6) is 0 Å². The summed E-state index contributed by atoms with van der Waals surface area (Å²) >= 11 is 0. The van der Waals surface area contributed by atoms with Crippen molar-refractivity contribution in [2.45, 2.75) is 6.42 Å². The molecule has 1 aromatic carbocycles. The van der Waals surface area contributed by atoms with Crippen molar-refractivity contribution >= 4 is 11.0 Å². The normalized spacial score (nSPS) is 10.8. The molecule has 0 saturated carbocycles. The summed E-state index contributed by atoms with van der Waals surface area (Å²) in [4.78, 5) is 0. The molecule has 2 rings (SSSR count). The number of aliphatic hydroxyl groups excluding tert-OH is 1. The predicted octanol–water partition coefficient (Wildman–Crippen LogP) is 0.293. The summed E-state index contributed by atoms with van der Waals surface area (Å²) in [5.41, 5.74) is 2.59. The number of benzene rings is 1. The highest BCUT2D eigenvalue weighted by atomic mass is 16.2. The smallest absolute Gasteiger partial charge is 0.116 e. The number of nitrogens with one attached hydrogen (secondary N) is 1. The van der Waals surface area contributed by atoms with E-state index in [-0.39, 0.29) is 6.61 Å². The number of hydrogen-bond donors (Lipinski definition) is 2. The van der Waals surface area contributed by atoms with Crippen LogP contribution >= 0.6 is 0 Å². The standard InChI is InChI=1S/C8H8N3O/c12-5-4-6-2-1-3-7-8(6)10-11-9-7/h1,3,12H,4-5H2,(H,9,10,11). The van der Waals surface area contributed by atoms with Gasteiger partial charge in [-0.25, -0.2) is 0 Å². The number of hydrogen-bond acceptors (Lipinski definition) is 3. The molecule has 61 valence electrons. The minimum absolute atomic E-state index is 0.114. The van der Waals surface area contributed by atoms with Crippen LogP contribution in [-0.4, -0.2) is 27.1 Å². The van der Waals surface area contributed by atoms with Crippen LogP contribution < -0.4 is 0 Å². The number of nitrogens with zero attached hydrogens (tertiary/aromatic N) is 2. The van der Waals surface area contributed by atoms with Crippen molar-refractivity contribution in [1.29, 1.82) is 0 Å². The van der Waals surface area contributed by atoms with Gasteiger partial charge in [0.25, 0.3) is 0 Å². The van der Waals surface area contributed by atoms with Gasteiger partial charge < -0.3 is 5.11 Å². The summed E-state index contributed by atoms with van der Waals surface area (Å²) in [7, 11) is 0. The first-order valence-electron chi connectivity index (χ1n) is 3.73. The van der Waals surface area contributed by atoms with Gasteiger partial charge in [0.15, 0.2) is 0 Å². The van der Waals surface area contributed by atoms with E-state index in [1.165, 1.54) is 0 Å². The molecule has 0 saturated heterocycles. The van der Waals surface area contributed by atoms with Crippen molar-refractivity contribution in [2.75, 3.05) is 6.61 Å². The zero-order valence-electron chi connectivity index (χ0n) is 6.41. The van der Waals surface area contributed by atoms with Gasteiger partial charge in [-0.15, -0.1) is 5.10 Å². The molecule has 0 aliphatic carbocycles. The zero-order chi connectivity index (χ0) is 8.39. The lowest BCUT2D eigenvalue weighted by Crippen LogP contribution is -1.91. The maximum atomic E-state index is 8.74. The molecule has 0 aliphatic rings. The molecule has 0 fully saturated rings. The third-order valence-corrected chi connectivity index (χ3v) is 1.73. The summed E-state index contributed by atoms with van der Waals surface area (Å²) in [5, 5.41) is 19.1. The summed E-state index contributed by atoms with van der Waals surface area (Å²) in [6.07, 6.45) is 0.573. The molecule has 4 nitrogen and oxygen atoms in total. The number of fused-ring (bicyclic) bond motifs is 1. The Morgan fingerprint density at radius 1 is 1.58 bits per heavy atom. The molecule has 0 aliphatic heterocycles. The summed E-state index contributed by atoms with van der Waals surface area (Å²) in [6.45, 7) is 0.114. The van der Waals surface area contributed by atoms with E-state index in [9.17, 15) is 0 Å². The molecule has 0 bridgehead atoms. The quantitative estimate of drug-likeness (QED) is 0.667. The van der Waals surface area contributed by atoms with Crippen molar-refractivity contribution in [3.05, 3.63) is 23.8 Å². The van der Waals surface area contributed by atoms with Crippen LogP contribution in [-0.2, 0) is 6.42 Å². The maximum absolute atomic E-state index is 8.74. The molecule has 12 heavy (non-hydrogen) atoms. The Balaban J connectivity index is 2.57. The molecule has 2 aromatic rings. The van der Waals surface area contributed by atoms with E-state index >= 15 is 0 Å². The summed E-state index contributed by atoms with van der Waals surface area (Å²) in [5.74, 6) is 0. The van der Waals surface area contributed by atoms with Gasteiger partial charge in [-0.2, -0.15) is 0 Å². The van der Waals surface area contributed by atoms with E-state index in [0.29, 0.717) is 6.42 Å². The molecule has 1 radical (unpaired) electrons. The SMILES string of the molecule is OCCc1[c]ccc2[nH]nnc12. The molecule has 0 atom stereocenters. The molecule has 1 aromatic heterocycles. The van der Waals surface area contributed by atoms with Gasteiger partial charge in [-0.05, 0) is 24.1 Å². The maximum Gasteiger partial charge on any atom is 0.116 e. The average Bonchev–Trinajstić information content (AvgIpc) is 2.53. The Morgan fingerprint density at radius 3 is 3.33 bits per heavy atom. The lowest BCUT2D eigenvalue weighted by molar-refractivity contribution is 0.300. The molecule has 0 unspecified atom stereocenters. The highest BCUT2D eigenvalue weighted by molar-refractivity contribution is 5.76. The Bertz CT molecular complexity index is 382. The van der Waals surface area contributed by atoms with Gasteiger partial charge in [0.05, 0.1) is 5.52 Å². The fraction of sp³-hybridized carbons (Fsp3) is 0.250. The lowest BCUT2D eigenvalue weighted by atomic mass is 10.1. The third kappa shape index (κ3) is 1.06.